The van der Waals surface area contributed by atoms with E-state index in [4.69, 9.17) is 0 Å². The summed E-state index contributed by atoms with van der Waals surface area (Å²) in [5.74, 6) is 0. The van der Waals surface area contributed by atoms with Crippen LogP contribution in [-0.2, 0) is 26.2 Å². The fraction of sp³-hybridized carbons (Fsp3) is 0.491. The molecule has 1 saturated heterocycles. The van der Waals surface area contributed by atoms with E-state index in [1.807, 2.05) is 121 Å². The number of rotatable bonds is 24. The normalized spacial score (nSPS) is 15.0. The molecule has 0 aromatic heterocycles. The summed E-state index contributed by atoms with van der Waals surface area (Å²) in [5, 5.41) is 48.9. The number of benzene rings is 4. The molecule has 1 aliphatic rings. The van der Waals surface area contributed by atoms with Gasteiger partial charge in [-0.3, -0.25) is 0 Å². The number of carbonyl (C=O) groups is 4. The first-order valence-corrected chi connectivity index (χ1v) is 25.4. The molecule has 16 heteroatoms. The average molecular weight is 975 g/mol. The van der Waals surface area contributed by atoms with Gasteiger partial charge in [0, 0.05) is 65.4 Å². The zero-order valence-electron chi connectivity index (χ0n) is 41.5. The summed E-state index contributed by atoms with van der Waals surface area (Å²) in [5.41, 5.74) is 3.59. The zero-order chi connectivity index (χ0) is 50.5. The first-order chi connectivity index (χ1) is 34.5. The molecule has 5 rings (SSSR count). The molecule has 1 heterocycles. The van der Waals surface area contributed by atoms with Crippen molar-refractivity contribution in [2.24, 2.45) is 0 Å². The maximum Gasteiger partial charge on any atom is 0.137 e. The quantitative estimate of drug-likeness (QED) is 0.1000. The van der Waals surface area contributed by atoms with Gasteiger partial charge in [-0.15, -0.1) is 0 Å². The van der Waals surface area contributed by atoms with E-state index in [2.05, 4.69) is 19.6 Å². The third-order valence-electron chi connectivity index (χ3n) is 13.1. The Balaban J connectivity index is 1.29. The van der Waals surface area contributed by atoms with Gasteiger partial charge in [0.05, 0.1) is 0 Å². The van der Waals surface area contributed by atoms with Gasteiger partial charge in [0.15, 0.2) is 0 Å². The van der Waals surface area contributed by atoms with Crippen LogP contribution in [0.5, 0.6) is 0 Å². The molecule has 0 aliphatic carbocycles. The van der Waals surface area contributed by atoms with E-state index in [0.717, 1.165) is 93.9 Å². The lowest BCUT2D eigenvalue weighted by molar-refractivity contribution is -0.267. The standard InChI is InChI=1S/C55H78N8O8/c64-52(65)60(44-48-20-5-1-6-21-48)38-16-34-56-28-13-29-57(35-17-39-61(53(66)67)45-49-22-7-2-8-23-49)31-15-33-59(37-19-41-63(55(70)71)47-51-26-11-4-12-27-51)43-42-58(32-14-30-56)36-18-40-62(54(68)69)46-50-24-9-3-10-25-50/h1-12,20-27H,13-19,28-47H2,(H,64,65)(H,66,67)(H,68,69)(H,70,71)/p-4. The topological polar surface area (TPSA) is 186 Å². The third kappa shape index (κ3) is 22.2. The van der Waals surface area contributed by atoms with Gasteiger partial charge in [0.2, 0.25) is 0 Å². The van der Waals surface area contributed by atoms with Gasteiger partial charge in [-0.05, 0) is 133 Å². The minimum atomic E-state index is -1.20. The predicted octanol–water partition coefficient (Wildman–Crippen LogP) is 3.32. The Kier molecular flexibility index (Phi) is 25.0. The van der Waals surface area contributed by atoms with Crippen molar-refractivity contribution in [2.75, 3.05) is 105 Å². The molecule has 71 heavy (non-hydrogen) atoms. The van der Waals surface area contributed by atoms with Crippen LogP contribution in [0.2, 0.25) is 0 Å². The van der Waals surface area contributed by atoms with E-state index in [1.165, 1.54) is 19.6 Å². The van der Waals surface area contributed by atoms with Crippen molar-refractivity contribution < 1.29 is 39.6 Å². The summed E-state index contributed by atoms with van der Waals surface area (Å²) in [7, 11) is 0. The maximum absolute atomic E-state index is 12.2. The largest absolute Gasteiger partial charge is 0.530 e. The third-order valence-corrected chi connectivity index (χ3v) is 13.1. The van der Waals surface area contributed by atoms with Gasteiger partial charge in [-0.1, -0.05) is 121 Å². The van der Waals surface area contributed by atoms with Crippen molar-refractivity contribution in [3.63, 3.8) is 0 Å². The molecule has 0 unspecified atom stereocenters. The fourth-order valence-corrected chi connectivity index (χ4v) is 9.27. The SMILES string of the molecule is O=C([O-])N(CCCN1CCCN(CCCN(Cc2ccccc2)C(=O)[O-])CCCN(CCCN(Cc2ccccc2)C(=O)[O-])CCN(CCCN(Cc2ccccc2)C(=O)[O-])CCC1)Cc1ccccc1. The second kappa shape index (κ2) is 31.9. The first kappa shape index (κ1) is 55.7. The van der Waals surface area contributed by atoms with Crippen LogP contribution in [-0.4, -0.2) is 168 Å². The molecular weight excluding hydrogens is 901 g/mol. The molecule has 0 radical (unpaired) electrons. The van der Waals surface area contributed by atoms with Crippen LogP contribution >= 0.6 is 0 Å². The lowest BCUT2D eigenvalue weighted by Crippen LogP contribution is -2.44. The molecule has 0 spiro atoms. The molecule has 4 amide bonds. The van der Waals surface area contributed by atoms with Crippen LogP contribution < -0.4 is 20.4 Å². The maximum atomic E-state index is 12.2. The summed E-state index contributed by atoms with van der Waals surface area (Å²) in [4.78, 5) is 63.9. The molecule has 1 fully saturated rings. The Bertz CT molecular complexity index is 1960. The Morgan fingerprint density at radius 1 is 0.324 bits per heavy atom. The van der Waals surface area contributed by atoms with E-state index in [-0.39, 0.29) is 26.2 Å². The summed E-state index contributed by atoms with van der Waals surface area (Å²) >= 11 is 0. The first-order valence-electron chi connectivity index (χ1n) is 25.4. The number of carbonyl (C=O) groups excluding carboxylic acids is 4. The molecule has 0 N–H and O–H groups in total. The number of hydrogen-bond donors (Lipinski definition) is 0. The Labute approximate surface area is 421 Å². The average Bonchev–Trinajstić information content (AvgIpc) is 3.37. The van der Waals surface area contributed by atoms with Gasteiger partial charge in [0.1, 0.15) is 24.4 Å². The number of hydrogen-bond acceptors (Lipinski definition) is 12. The summed E-state index contributed by atoms with van der Waals surface area (Å²) in [6.45, 7) is 11.2. The second-order valence-electron chi connectivity index (χ2n) is 18.5. The van der Waals surface area contributed by atoms with Crippen molar-refractivity contribution in [1.82, 2.24) is 39.2 Å². The Morgan fingerprint density at radius 3 is 0.718 bits per heavy atom. The summed E-state index contributed by atoms with van der Waals surface area (Å²) in [6, 6.07) is 38.0. The molecule has 386 valence electrons. The van der Waals surface area contributed by atoms with Crippen LogP contribution in [0.15, 0.2) is 121 Å². The van der Waals surface area contributed by atoms with E-state index in [1.54, 1.807) is 0 Å². The van der Waals surface area contributed by atoms with Crippen LogP contribution in [0.3, 0.4) is 0 Å². The number of amides is 4. The molecule has 0 bridgehead atoms. The highest BCUT2D eigenvalue weighted by molar-refractivity contribution is 5.63. The molecule has 4 aromatic rings. The van der Waals surface area contributed by atoms with E-state index in [0.29, 0.717) is 78.0 Å². The molecule has 16 nitrogen and oxygen atoms in total. The van der Waals surface area contributed by atoms with Crippen molar-refractivity contribution in [3.8, 4) is 0 Å². The summed E-state index contributed by atoms with van der Waals surface area (Å²) in [6.07, 6.45) is 0.217. The minimum absolute atomic E-state index is 0.250. The van der Waals surface area contributed by atoms with Crippen molar-refractivity contribution in [1.29, 1.82) is 0 Å². The van der Waals surface area contributed by atoms with Crippen molar-refractivity contribution >= 4 is 24.4 Å². The van der Waals surface area contributed by atoms with Crippen LogP contribution in [0.1, 0.15) is 67.2 Å². The van der Waals surface area contributed by atoms with Crippen molar-refractivity contribution in [2.45, 2.75) is 71.1 Å². The highest BCUT2D eigenvalue weighted by Gasteiger charge is 2.17. The molecule has 4 aromatic carbocycles. The lowest BCUT2D eigenvalue weighted by atomic mass is 10.2. The van der Waals surface area contributed by atoms with Crippen LogP contribution in [0.4, 0.5) is 19.2 Å². The van der Waals surface area contributed by atoms with Crippen LogP contribution in [0.25, 0.3) is 0 Å². The zero-order valence-corrected chi connectivity index (χ0v) is 41.5. The summed E-state index contributed by atoms with van der Waals surface area (Å²) < 4.78 is 0. The molecule has 0 saturated carbocycles. The van der Waals surface area contributed by atoms with Crippen LogP contribution in [0, 0.1) is 0 Å². The molecule has 0 atom stereocenters. The van der Waals surface area contributed by atoms with Gasteiger partial charge in [-0.25, -0.2) is 0 Å². The lowest BCUT2D eigenvalue weighted by Gasteiger charge is -2.31. The van der Waals surface area contributed by atoms with Gasteiger partial charge >= 0.3 is 0 Å². The fourth-order valence-electron chi connectivity index (χ4n) is 9.27. The highest BCUT2D eigenvalue weighted by atomic mass is 16.4. The Morgan fingerprint density at radius 2 is 0.521 bits per heavy atom. The van der Waals surface area contributed by atoms with Gasteiger partial charge in [0.25, 0.3) is 0 Å². The van der Waals surface area contributed by atoms with Gasteiger partial charge < -0.3 is 78.8 Å². The van der Waals surface area contributed by atoms with E-state index in [9.17, 15) is 39.6 Å². The minimum Gasteiger partial charge on any atom is -0.530 e. The number of nitrogens with zero attached hydrogens (tertiary/aromatic N) is 8. The predicted molar refractivity (Wildman–Crippen MR) is 267 cm³/mol. The molecular formula is C55H74N8O8-4. The highest BCUT2D eigenvalue weighted by Crippen LogP contribution is 2.12. The Hall–Kier alpha value is -6.20. The van der Waals surface area contributed by atoms with E-state index >= 15 is 0 Å². The smallest absolute Gasteiger partial charge is 0.137 e. The number of carboxylic acid groups (broad SMARTS) is 4. The van der Waals surface area contributed by atoms with E-state index < -0.39 is 24.4 Å². The van der Waals surface area contributed by atoms with Crippen molar-refractivity contribution in [3.05, 3.63) is 144 Å². The monoisotopic (exact) mass is 975 g/mol. The molecule has 1 aliphatic heterocycles. The van der Waals surface area contributed by atoms with Gasteiger partial charge in [-0.2, -0.15) is 0 Å². The second-order valence-corrected chi connectivity index (χ2v) is 18.5.